The highest BCUT2D eigenvalue weighted by atomic mass is 16.5. The molecule has 0 saturated heterocycles. The fourth-order valence-electron chi connectivity index (χ4n) is 3.17. The van der Waals surface area contributed by atoms with Gasteiger partial charge in [0, 0.05) is 12.1 Å². The quantitative estimate of drug-likeness (QED) is 0.738. The first kappa shape index (κ1) is 16.4. The Labute approximate surface area is 150 Å². The number of nitrogens with zero attached hydrogens (tertiary/aromatic N) is 3. The van der Waals surface area contributed by atoms with E-state index in [9.17, 15) is 4.79 Å². The monoisotopic (exact) mass is 349 g/mol. The summed E-state index contributed by atoms with van der Waals surface area (Å²) in [6.45, 7) is 0.653. The Balaban J connectivity index is 1.36. The molecule has 1 amide bonds. The lowest BCUT2D eigenvalue weighted by Gasteiger charge is -2.25. The van der Waals surface area contributed by atoms with Gasteiger partial charge in [0.1, 0.15) is 0 Å². The van der Waals surface area contributed by atoms with Crippen LogP contribution in [0.4, 0.5) is 5.69 Å². The number of carbonyl (C=O) groups excluding carboxylic acids is 1. The van der Waals surface area contributed by atoms with E-state index in [1.807, 2.05) is 42.5 Å². The van der Waals surface area contributed by atoms with Gasteiger partial charge in [-0.3, -0.25) is 4.79 Å². The van der Waals surface area contributed by atoms with Crippen molar-refractivity contribution in [2.24, 2.45) is 0 Å². The topological polar surface area (TPSA) is 92.8 Å². The molecule has 0 fully saturated rings. The van der Waals surface area contributed by atoms with Crippen molar-refractivity contribution in [3.63, 3.8) is 0 Å². The SMILES string of the molecule is O=C(CC1OCCc2ccccc21)Nc1ccc(Cc2nn[nH]n2)cc1. The molecule has 0 radical (unpaired) electrons. The van der Waals surface area contributed by atoms with Crippen LogP contribution in [-0.4, -0.2) is 33.1 Å². The van der Waals surface area contributed by atoms with Crippen LogP contribution in [0.2, 0.25) is 0 Å². The number of hydrogen-bond donors (Lipinski definition) is 2. The fourth-order valence-corrected chi connectivity index (χ4v) is 3.17. The van der Waals surface area contributed by atoms with E-state index in [1.165, 1.54) is 5.56 Å². The summed E-state index contributed by atoms with van der Waals surface area (Å²) in [6.07, 6.45) is 1.62. The highest BCUT2D eigenvalue weighted by Gasteiger charge is 2.23. The van der Waals surface area contributed by atoms with Crippen molar-refractivity contribution in [1.82, 2.24) is 20.6 Å². The summed E-state index contributed by atoms with van der Waals surface area (Å²) in [5.41, 5.74) is 4.19. The zero-order valence-electron chi connectivity index (χ0n) is 14.2. The minimum absolute atomic E-state index is 0.0578. The molecule has 7 heteroatoms. The van der Waals surface area contributed by atoms with E-state index in [1.54, 1.807) is 0 Å². The zero-order valence-corrected chi connectivity index (χ0v) is 14.2. The number of fused-ring (bicyclic) bond motifs is 1. The van der Waals surface area contributed by atoms with E-state index in [4.69, 9.17) is 4.74 Å². The van der Waals surface area contributed by atoms with Crippen molar-refractivity contribution in [1.29, 1.82) is 0 Å². The Morgan fingerprint density at radius 3 is 2.85 bits per heavy atom. The van der Waals surface area contributed by atoms with Gasteiger partial charge < -0.3 is 10.1 Å². The van der Waals surface area contributed by atoms with E-state index in [0.29, 0.717) is 25.3 Å². The molecule has 0 aliphatic carbocycles. The molecule has 26 heavy (non-hydrogen) atoms. The lowest BCUT2D eigenvalue weighted by molar-refractivity contribution is -0.119. The standard InChI is InChI=1S/C19H19N5O2/c25-19(12-17-16-4-2-1-3-14(16)9-10-26-17)20-15-7-5-13(6-8-15)11-18-21-23-24-22-18/h1-8,17H,9-12H2,(H,20,25)(H,21,22,23,24). The first-order valence-electron chi connectivity index (χ1n) is 8.58. The van der Waals surface area contributed by atoms with E-state index in [0.717, 1.165) is 23.2 Å². The lowest BCUT2D eigenvalue weighted by atomic mass is 9.95. The summed E-state index contributed by atoms with van der Waals surface area (Å²) in [4.78, 5) is 12.4. The lowest BCUT2D eigenvalue weighted by Crippen LogP contribution is -2.22. The zero-order chi connectivity index (χ0) is 17.8. The summed E-state index contributed by atoms with van der Waals surface area (Å²) >= 11 is 0. The predicted octanol–water partition coefficient (Wildman–Crippen LogP) is 2.43. The molecule has 2 heterocycles. The number of rotatable bonds is 5. The molecule has 0 saturated carbocycles. The summed E-state index contributed by atoms with van der Waals surface area (Å²) < 4.78 is 5.81. The molecule has 1 atom stereocenters. The van der Waals surface area contributed by atoms with Crippen LogP contribution < -0.4 is 5.32 Å². The summed E-state index contributed by atoms with van der Waals surface area (Å²) in [5.74, 6) is 0.576. The highest BCUT2D eigenvalue weighted by molar-refractivity contribution is 5.91. The van der Waals surface area contributed by atoms with Gasteiger partial charge >= 0.3 is 0 Å². The summed E-state index contributed by atoms with van der Waals surface area (Å²) in [6, 6.07) is 15.8. The van der Waals surface area contributed by atoms with Crippen molar-refractivity contribution in [3.05, 3.63) is 71.0 Å². The number of hydrogen-bond acceptors (Lipinski definition) is 5. The maximum Gasteiger partial charge on any atom is 0.227 e. The minimum Gasteiger partial charge on any atom is -0.373 e. The number of aromatic nitrogens is 4. The van der Waals surface area contributed by atoms with Crippen molar-refractivity contribution in [3.8, 4) is 0 Å². The van der Waals surface area contributed by atoms with Crippen LogP contribution in [-0.2, 0) is 22.4 Å². The van der Waals surface area contributed by atoms with Crippen molar-refractivity contribution < 1.29 is 9.53 Å². The molecule has 132 valence electrons. The van der Waals surface area contributed by atoms with Crippen LogP contribution in [0.3, 0.4) is 0 Å². The number of aromatic amines is 1. The number of amides is 1. The Bertz CT molecular complexity index is 877. The third-order valence-electron chi connectivity index (χ3n) is 4.45. The molecule has 7 nitrogen and oxygen atoms in total. The predicted molar refractivity (Wildman–Crippen MR) is 95.5 cm³/mol. The molecule has 1 aromatic heterocycles. The third kappa shape index (κ3) is 3.78. The van der Waals surface area contributed by atoms with Crippen LogP contribution in [0.25, 0.3) is 0 Å². The van der Waals surface area contributed by atoms with Gasteiger partial charge in [0.25, 0.3) is 0 Å². The van der Waals surface area contributed by atoms with Crippen LogP contribution in [0, 0.1) is 0 Å². The molecule has 4 rings (SSSR count). The van der Waals surface area contributed by atoms with Gasteiger partial charge in [0.15, 0.2) is 5.82 Å². The van der Waals surface area contributed by atoms with E-state index < -0.39 is 0 Å². The normalized spacial score (nSPS) is 16.1. The molecule has 2 N–H and O–H groups in total. The van der Waals surface area contributed by atoms with Gasteiger partial charge in [-0.25, -0.2) is 0 Å². The average Bonchev–Trinajstić information content (AvgIpc) is 3.17. The fraction of sp³-hybridized carbons (Fsp3) is 0.263. The molecule has 0 bridgehead atoms. The van der Waals surface area contributed by atoms with E-state index in [2.05, 4.69) is 32.0 Å². The van der Waals surface area contributed by atoms with E-state index >= 15 is 0 Å². The van der Waals surface area contributed by atoms with Gasteiger partial charge in [-0.1, -0.05) is 41.6 Å². The summed E-state index contributed by atoms with van der Waals surface area (Å²) in [5, 5.41) is 16.8. The molecule has 1 aliphatic rings. The highest BCUT2D eigenvalue weighted by Crippen LogP contribution is 2.29. The van der Waals surface area contributed by atoms with Gasteiger partial charge in [0.2, 0.25) is 5.91 Å². The third-order valence-corrected chi connectivity index (χ3v) is 4.45. The number of carbonyl (C=O) groups is 1. The number of nitrogens with one attached hydrogen (secondary N) is 2. The van der Waals surface area contributed by atoms with Crippen molar-refractivity contribution in [2.45, 2.75) is 25.4 Å². The smallest absolute Gasteiger partial charge is 0.227 e. The first-order chi connectivity index (χ1) is 12.8. The van der Waals surface area contributed by atoms with Crippen LogP contribution in [0.15, 0.2) is 48.5 Å². The molecular formula is C19H19N5O2. The second kappa shape index (κ2) is 7.45. The van der Waals surface area contributed by atoms with E-state index in [-0.39, 0.29) is 12.0 Å². The molecular weight excluding hydrogens is 330 g/mol. The second-order valence-corrected chi connectivity index (χ2v) is 6.26. The molecule has 3 aromatic rings. The molecule has 1 unspecified atom stereocenters. The van der Waals surface area contributed by atoms with Crippen molar-refractivity contribution >= 4 is 11.6 Å². The van der Waals surface area contributed by atoms with Gasteiger partial charge in [-0.15, -0.1) is 10.2 Å². The van der Waals surface area contributed by atoms with Gasteiger partial charge in [-0.2, -0.15) is 5.21 Å². The second-order valence-electron chi connectivity index (χ2n) is 6.26. The first-order valence-corrected chi connectivity index (χ1v) is 8.58. The Kier molecular flexibility index (Phi) is 4.70. The maximum atomic E-state index is 12.4. The Morgan fingerprint density at radius 1 is 1.19 bits per heavy atom. The number of tetrazole rings is 1. The minimum atomic E-state index is -0.183. The molecule has 0 spiro atoms. The number of benzene rings is 2. The van der Waals surface area contributed by atoms with Crippen LogP contribution in [0.5, 0.6) is 0 Å². The van der Waals surface area contributed by atoms with Crippen LogP contribution >= 0.6 is 0 Å². The largest absolute Gasteiger partial charge is 0.373 e. The average molecular weight is 349 g/mol. The molecule has 1 aliphatic heterocycles. The molecule has 2 aromatic carbocycles. The number of ether oxygens (including phenoxy) is 1. The van der Waals surface area contributed by atoms with Gasteiger partial charge in [-0.05, 0) is 35.2 Å². The summed E-state index contributed by atoms with van der Waals surface area (Å²) in [7, 11) is 0. The maximum absolute atomic E-state index is 12.4. The van der Waals surface area contributed by atoms with Gasteiger partial charge in [0.05, 0.1) is 19.1 Å². The Hall–Kier alpha value is -3.06. The number of anilines is 1. The Morgan fingerprint density at radius 2 is 2.04 bits per heavy atom. The number of H-pyrrole nitrogens is 1. The van der Waals surface area contributed by atoms with Crippen molar-refractivity contribution in [2.75, 3.05) is 11.9 Å². The van der Waals surface area contributed by atoms with Crippen LogP contribution in [0.1, 0.15) is 35.0 Å².